The molecule has 0 radical (unpaired) electrons. The lowest BCUT2D eigenvalue weighted by Crippen LogP contribution is -2.50. The topological polar surface area (TPSA) is 111 Å². The summed E-state index contributed by atoms with van der Waals surface area (Å²) in [4.78, 5) is 37.8. The molecule has 0 spiro atoms. The third-order valence-corrected chi connectivity index (χ3v) is 5.31. The lowest BCUT2D eigenvalue weighted by atomic mass is 10.1. The SMILES string of the molecule is CCC(C)NC(=O)C(C)N(Cc1cccc(C)c1)C(=O)COc1ccc([N+](=O)[O-])c(OC)c1. The predicted molar refractivity (Wildman–Crippen MR) is 124 cm³/mol. The molecule has 0 aromatic heterocycles. The summed E-state index contributed by atoms with van der Waals surface area (Å²) in [6, 6.07) is 11.0. The maximum Gasteiger partial charge on any atom is 0.311 e. The highest BCUT2D eigenvalue weighted by Crippen LogP contribution is 2.30. The molecule has 0 saturated carbocycles. The molecule has 9 heteroatoms. The first kappa shape index (κ1) is 25.6. The number of carbonyl (C=O) groups is 2. The molecule has 0 fully saturated rings. The van der Waals surface area contributed by atoms with E-state index in [1.54, 1.807) is 6.92 Å². The Hall–Kier alpha value is -3.62. The number of aryl methyl sites for hydroxylation is 1. The number of amides is 2. The quantitative estimate of drug-likeness (QED) is 0.408. The number of nitro groups is 1. The standard InChI is InChI=1S/C24H31N3O6/c1-6-17(3)25-24(29)18(4)26(14-19-9-7-8-16(2)12-19)23(28)15-33-20-10-11-21(27(30)31)22(13-20)32-5/h7-13,17-18H,6,14-15H2,1-5H3,(H,25,29). The second kappa shape index (κ2) is 11.8. The lowest BCUT2D eigenvalue weighted by molar-refractivity contribution is -0.385. The lowest BCUT2D eigenvalue weighted by Gasteiger charge is -2.29. The first-order valence-electron chi connectivity index (χ1n) is 10.8. The summed E-state index contributed by atoms with van der Waals surface area (Å²) in [5.41, 5.74) is 1.74. The van der Waals surface area contributed by atoms with Gasteiger partial charge in [-0.25, -0.2) is 0 Å². The van der Waals surface area contributed by atoms with Gasteiger partial charge in [-0.1, -0.05) is 36.8 Å². The molecule has 2 amide bonds. The zero-order valence-electron chi connectivity index (χ0n) is 19.7. The molecule has 0 heterocycles. The van der Waals surface area contributed by atoms with E-state index in [1.807, 2.05) is 45.0 Å². The predicted octanol–water partition coefficient (Wildman–Crippen LogP) is 3.62. The van der Waals surface area contributed by atoms with Gasteiger partial charge in [-0.15, -0.1) is 0 Å². The van der Waals surface area contributed by atoms with Gasteiger partial charge < -0.3 is 19.7 Å². The van der Waals surface area contributed by atoms with E-state index in [-0.39, 0.29) is 48.2 Å². The van der Waals surface area contributed by atoms with Crippen molar-refractivity contribution in [2.24, 2.45) is 0 Å². The van der Waals surface area contributed by atoms with Crippen molar-refractivity contribution in [3.05, 3.63) is 63.7 Å². The number of methoxy groups -OCH3 is 1. The maximum absolute atomic E-state index is 13.1. The van der Waals surface area contributed by atoms with Crippen LogP contribution in [-0.2, 0) is 16.1 Å². The molecule has 2 aromatic rings. The summed E-state index contributed by atoms with van der Waals surface area (Å²) in [6.07, 6.45) is 0.773. The monoisotopic (exact) mass is 457 g/mol. The Morgan fingerprint density at radius 2 is 1.91 bits per heavy atom. The number of nitrogens with zero attached hydrogens (tertiary/aromatic N) is 2. The molecular formula is C24H31N3O6. The Kier molecular flexibility index (Phi) is 9.20. The largest absolute Gasteiger partial charge is 0.490 e. The maximum atomic E-state index is 13.1. The summed E-state index contributed by atoms with van der Waals surface area (Å²) >= 11 is 0. The summed E-state index contributed by atoms with van der Waals surface area (Å²) in [5, 5.41) is 14.0. The Labute approximate surface area is 193 Å². The minimum atomic E-state index is -0.720. The van der Waals surface area contributed by atoms with Gasteiger partial charge >= 0.3 is 5.69 Å². The van der Waals surface area contributed by atoms with E-state index in [4.69, 9.17) is 9.47 Å². The van der Waals surface area contributed by atoms with Gasteiger partial charge in [0.2, 0.25) is 11.7 Å². The zero-order valence-corrected chi connectivity index (χ0v) is 19.7. The van der Waals surface area contributed by atoms with E-state index in [0.29, 0.717) is 0 Å². The summed E-state index contributed by atoms with van der Waals surface area (Å²) in [7, 11) is 1.32. The molecule has 2 atom stereocenters. The van der Waals surface area contributed by atoms with Gasteiger partial charge in [-0.3, -0.25) is 19.7 Å². The van der Waals surface area contributed by atoms with Crippen molar-refractivity contribution < 1.29 is 24.0 Å². The number of nitrogens with one attached hydrogen (secondary N) is 1. The molecule has 33 heavy (non-hydrogen) atoms. The van der Waals surface area contributed by atoms with E-state index in [9.17, 15) is 19.7 Å². The Morgan fingerprint density at radius 1 is 1.18 bits per heavy atom. The van der Waals surface area contributed by atoms with Gasteiger partial charge in [-0.05, 0) is 38.8 Å². The molecule has 0 saturated heterocycles. The molecule has 2 aromatic carbocycles. The molecule has 1 N–H and O–H groups in total. The van der Waals surface area contributed by atoms with Crippen molar-refractivity contribution in [1.29, 1.82) is 0 Å². The number of hydrogen-bond acceptors (Lipinski definition) is 6. The third-order valence-electron chi connectivity index (χ3n) is 5.31. The summed E-state index contributed by atoms with van der Waals surface area (Å²) < 4.78 is 10.6. The van der Waals surface area contributed by atoms with Crippen molar-refractivity contribution in [2.75, 3.05) is 13.7 Å². The number of carbonyl (C=O) groups excluding carboxylic acids is 2. The van der Waals surface area contributed by atoms with Crippen LogP contribution in [0.4, 0.5) is 5.69 Å². The highest BCUT2D eigenvalue weighted by Gasteiger charge is 2.27. The number of hydrogen-bond donors (Lipinski definition) is 1. The molecule has 0 aliphatic heterocycles. The van der Waals surface area contributed by atoms with Crippen LogP contribution in [0.1, 0.15) is 38.3 Å². The average Bonchev–Trinajstić information content (AvgIpc) is 2.80. The van der Waals surface area contributed by atoms with Gasteiger partial charge in [0.25, 0.3) is 5.91 Å². The van der Waals surface area contributed by atoms with Crippen molar-refractivity contribution in [2.45, 2.75) is 52.7 Å². The van der Waals surface area contributed by atoms with Crippen LogP contribution in [0.5, 0.6) is 11.5 Å². The van der Waals surface area contributed by atoms with E-state index in [0.717, 1.165) is 17.5 Å². The minimum Gasteiger partial charge on any atom is -0.490 e. The van der Waals surface area contributed by atoms with Gasteiger partial charge in [-0.2, -0.15) is 0 Å². The number of ether oxygens (including phenoxy) is 2. The van der Waals surface area contributed by atoms with E-state index in [1.165, 1.54) is 30.2 Å². The smallest absolute Gasteiger partial charge is 0.311 e. The van der Waals surface area contributed by atoms with Crippen LogP contribution < -0.4 is 14.8 Å². The van der Waals surface area contributed by atoms with Crippen LogP contribution >= 0.6 is 0 Å². The summed E-state index contributed by atoms with van der Waals surface area (Å²) in [5.74, 6) is -0.358. The number of benzene rings is 2. The van der Waals surface area contributed by atoms with Crippen LogP contribution in [0.25, 0.3) is 0 Å². The molecule has 0 aliphatic carbocycles. The molecule has 9 nitrogen and oxygen atoms in total. The van der Waals surface area contributed by atoms with E-state index >= 15 is 0 Å². The number of rotatable bonds is 11. The van der Waals surface area contributed by atoms with Gasteiger partial charge in [0.05, 0.1) is 12.0 Å². The molecule has 178 valence electrons. The van der Waals surface area contributed by atoms with Gasteiger partial charge in [0.15, 0.2) is 6.61 Å². The third kappa shape index (κ3) is 7.20. The molecular weight excluding hydrogens is 426 g/mol. The Balaban J connectivity index is 2.20. The highest BCUT2D eigenvalue weighted by atomic mass is 16.6. The fraction of sp³-hybridized carbons (Fsp3) is 0.417. The van der Waals surface area contributed by atoms with E-state index < -0.39 is 11.0 Å². The van der Waals surface area contributed by atoms with Gasteiger partial charge in [0.1, 0.15) is 11.8 Å². The normalized spacial score (nSPS) is 12.4. The second-order valence-corrected chi connectivity index (χ2v) is 7.88. The van der Waals surface area contributed by atoms with Crippen LogP contribution in [0.15, 0.2) is 42.5 Å². The minimum absolute atomic E-state index is 0.0142. The summed E-state index contributed by atoms with van der Waals surface area (Å²) in [6.45, 7) is 7.41. The van der Waals surface area contributed by atoms with Crippen molar-refractivity contribution >= 4 is 17.5 Å². The van der Waals surface area contributed by atoms with E-state index in [2.05, 4.69) is 5.32 Å². The first-order chi connectivity index (χ1) is 15.7. The zero-order chi connectivity index (χ0) is 24.5. The van der Waals surface area contributed by atoms with Crippen LogP contribution in [-0.4, -0.2) is 47.4 Å². The second-order valence-electron chi connectivity index (χ2n) is 7.88. The Bertz CT molecular complexity index is 994. The van der Waals surface area contributed by atoms with Crippen LogP contribution in [0.3, 0.4) is 0 Å². The van der Waals surface area contributed by atoms with Crippen LogP contribution in [0, 0.1) is 17.0 Å². The van der Waals surface area contributed by atoms with Crippen molar-refractivity contribution in [3.8, 4) is 11.5 Å². The van der Waals surface area contributed by atoms with Crippen LogP contribution in [0.2, 0.25) is 0 Å². The van der Waals surface area contributed by atoms with Gasteiger partial charge in [0, 0.05) is 24.7 Å². The molecule has 0 bridgehead atoms. The average molecular weight is 458 g/mol. The highest BCUT2D eigenvalue weighted by molar-refractivity contribution is 5.88. The number of nitro benzene ring substituents is 1. The fourth-order valence-corrected chi connectivity index (χ4v) is 3.18. The Morgan fingerprint density at radius 3 is 2.52 bits per heavy atom. The molecule has 0 aliphatic rings. The van der Waals surface area contributed by atoms with Crippen molar-refractivity contribution in [1.82, 2.24) is 10.2 Å². The molecule has 2 rings (SSSR count). The molecule has 2 unspecified atom stereocenters. The first-order valence-corrected chi connectivity index (χ1v) is 10.8. The fourth-order valence-electron chi connectivity index (χ4n) is 3.18. The van der Waals surface area contributed by atoms with Crippen molar-refractivity contribution in [3.63, 3.8) is 0 Å².